The molecule has 6 heteroatoms. The van der Waals surface area contributed by atoms with Crippen LogP contribution in [-0.4, -0.2) is 21.9 Å². The van der Waals surface area contributed by atoms with Crippen LogP contribution in [-0.2, 0) is 11.2 Å². The van der Waals surface area contributed by atoms with Crippen LogP contribution in [0.2, 0.25) is 0 Å². The van der Waals surface area contributed by atoms with Gasteiger partial charge in [0, 0.05) is 5.69 Å². The lowest BCUT2D eigenvalue weighted by atomic mass is 10.1. The Kier molecular flexibility index (Phi) is 5.35. The van der Waals surface area contributed by atoms with E-state index in [4.69, 9.17) is 0 Å². The zero-order valence-electron chi connectivity index (χ0n) is 15.6. The molecule has 2 N–H and O–H groups in total. The van der Waals surface area contributed by atoms with Crippen molar-refractivity contribution in [3.63, 3.8) is 0 Å². The topological polar surface area (TPSA) is 79.2 Å². The molecule has 0 fully saturated rings. The van der Waals surface area contributed by atoms with Crippen LogP contribution >= 0.6 is 0 Å². The van der Waals surface area contributed by atoms with Crippen molar-refractivity contribution in [2.75, 3.05) is 0 Å². The van der Waals surface area contributed by atoms with Gasteiger partial charge >= 0.3 is 0 Å². The fourth-order valence-corrected chi connectivity index (χ4v) is 2.75. The summed E-state index contributed by atoms with van der Waals surface area (Å²) in [6, 6.07) is 15.2. The number of aromatic amines is 1. The highest BCUT2D eigenvalue weighted by atomic mass is 16.2. The number of nitrogens with one attached hydrogen (secondary N) is 2. The summed E-state index contributed by atoms with van der Waals surface area (Å²) in [4.78, 5) is 24.6. The molecule has 2 aromatic carbocycles. The molecule has 0 aliphatic rings. The molecule has 0 atom stereocenters. The van der Waals surface area contributed by atoms with Crippen LogP contribution < -0.4 is 11.0 Å². The summed E-state index contributed by atoms with van der Waals surface area (Å²) in [6.07, 6.45) is 1.62. The summed E-state index contributed by atoms with van der Waals surface area (Å²) in [5, 5.41) is 6.99. The van der Waals surface area contributed by atoms with Crippen LogP contribution in [0.25, 0.3) is 5.69 Å². The Morgan fingerprint density at radius 1 is 1.11 bits per heavy atom. The van der Waals surface area contributed by atoms with E-state index in [9.17, 15) is 9.59 Å². The van der Waals surface area contributed by atoms with Crippen LogP contribution in [0.1, 0.15) is 27.9 Å². The first-order valence-electron chi connectivity index (χ1n) is 8.71. The zero-order valence-corrected chi connectivity index (χ0v) is 15.6. The van der Waals surface area contributed by atoms with Gasteiger partial charge in [-0.15, -0.1) is 0 Å². The molecule has 1 aromatic heterocycles. The van der Waals surface area contributed by atoms with Gasteiger partial charge in [0.15, 0.2) is 0 Å². The average molecular weight is 362 g/mol. The van der Waals surface area contributed by atoms with E-state index in [0.717, 1.165) is 22.4 Å². The molecule has 0 radical (unpaired) electrons. The summed E-state index contributed by atoms with van der Waals surface area (Å²) in [5.41, 5.74) is 7.28. The quantitative estimate of drug-likeness (QED) is 0.541. The maximum Gasteiger partial charge on any atom is 0.280 e. The summed E-state index contributed by atoms with van der Waals surface area (Å²) >= 11 is 0. The van der Waals surface area contributed by atoms with E-state index in [2.05, 4.69) is 15.6 Å². The minimum Gasteiger partial charge on any atom is -0.295 e. The van der Waals surface area contributed by atoms with Crippen LogP contribution in [0.5, 0.6) is 0 Å². The summed E-state index contributed by atoms with van der Waals surface area (Å²) in [5.74, 6) is -0.236. The number of nitrogens with zero attached hydrogens (tertiary/aromatic N) is 2. The molecule has 3 aromatic rings. The maximum absolute atomic E-state index is 12.7. The van der Waals surface area contributed by atoms with Gasteiger partial charge in [-0.05, 0) is 49.6 Å². The molecule has 0 spiro atoms. The van der Waals surface area contributed by atoms with Crippen LogP contribution in [0.3, 0.4) is 0 Å². The van der Waals surface area contributed by atoms with Crippen molar-refractivity contribution in [1.82, 2.24) is 15.2 Å². The van der Waals surface area contributed by atoms with Crippen LogP contribution in [0, 0.1) is 20.8 Å². The molecular weight excluding hydrogens is 340 g/mol. The number of amides is 1. The van der Waals surface area contributed by atoms with E-state index >= 15 is 0 Å². The first-order valence-corrected chi connectivity index (χ1v) is 8.71. The molecular formula is C21H22N4O2. The fourth-order valence-electron chi connectivity index (χ4n) is 2.75. The minimum absolute atomic E-state index is 0.211. The second-order valence-corrected chi connectivity index (χ2v) is 6.52. The highest BCUT2D eigenvalue weighted by Gasteiger charge is 2.11. The number of aromatic nitrogens is 2. The number of hydrogen-bond acceptors (Lipinski definition) is 3. The SMILES string of the molecule is Cc1ccc(-n2[nH]c(C)c(C=NNC(=O)Cc3ccccc3)c2=O)cc1C. The second-order valence-electron chi connectivity index (χ2n) is 6.52. The van der Waals surface area contributed by atoms with E-state index in [0.29, 0.717) is 11.3 Å². The van der Waals surface area contributed by atoms with Gasteiger partial charge in [-0.2, -0.15) is 5.10 Å². The first-order chi connectivity index (χ1) is 13.0. The Labute approximate surface area is 157 Å². The number of carbonyl (C=O) groups excluding carboxylic acids is 1. The lowest BCUT2D eigenvalue weighted by Gasteiger charge is -2.05. The molecule has 6 nitrogen and oxygen atoms in total. The number of H-pyrrole nitrogens is 1. The van der Waals surface area contributed by atoms with Crippen molar-refractivity contribution in [2.24, 2.45) is 5.10 Å². The third-order valence-corrected chi connectivity index (χ3v) is 4.46. The first kappa shape index (κ1) is 18.4. The summed E-state index contributed by atoms with van der Waals surface area (Å²) in [6.45, 7) is 5.83. The number of aryl methyl sites for hydroxylation is 3. The van der Waals surface area contributed by atoms with Crippen molar-refractivity contribution >= 4 is 12.1 Å². The lowest BCUT2D eigenvalue weighted by Crippen LogP contribution is -2.21. The molecule has 3 rings (SSSR count). The predicted octanol–water partition coefficient (Wildman–Crippen LogP) is 2.78. The zero-order chi connectivity index (χ0) is 19.4. The molecule has 0 saturated heterocycles. The van der Waals surface area contributed by atoms with Crippen molar-refractivity contribution in [3.8, 4) is 5.69 Å². The number of rotatable bonds is 5. The van der Waals surface area contributed by atoms with Gasteiger partial charge < -0.3 is 0 Å². The molecule has 0 aliphatic heterocycles. The van der Waals surface area contributed by atoms with Crippen molar-refractivity contribution < 1.29 is 4.79 Å². The smallest absolute Gasteiger partial charge is 0.280 e. The molecule has 0 aliphatic carbocycles. The van der Waals surface area contributed by atoms with Crippen LogP contribution in [0.15, 0.2) is 58.4 Å². The molecule has 27 heavy (non-hydrogen) atoms. The van der Waals surface area contributed by atoms with Crippen molar-refractivity contribution in [2.45, 2.75) is 27.2 Å². The minimum atomic E-state index is -0.236. The van der Waals surface area contributed by atoms with Gasteiger partial charge in [0.2, 0.25) is 5.91 Å². The van der Waals surface area contributed by atoms with E-state index in [1.807, 2.05) is 62.4 Å². The Morgan fingerprint density at radius 2 is 1.85 bits per heavy atom. The molecule has 0 bridgehead atoms. The summed E-state index contributed by atoms with van der Waals surface area (Å²) in [7, 11) is 0. The highest BCUT2D eigenvalue weighted by Crippen LogP contribution is 2.12. The molecule has 1 amide bonds. The Bertz CT molecular complexity index is 1050. The molecule has 0 unspecified atom stereocenters. The monoisotopic (exact) mass is 362 g/mol. The normalized spacial score (nSPS) is 11.1. The van der Waals surface area contributed by atoms with E-state index in [1.165, 1.54) is 10.9 Å². The van der Waals surface area contributed by atoms with E-state index in [-0.39, 0.29) is 17.9 Å². The molecule has 138 valence electrons. The Morgan fingerprint density at radius 3 is 2.56 bits per heavy atom. The molecule has 0 saturated carbocycles. The van der Waals surface area contributed by atoms with Gasteiger partial charge in [0.25, 0.3) is 5.56 Å². The van der Waals surface area contributed by atoms with Crippen LogP contribution in [0.4, 0.5) is 0 Å². The van der Waals surface area contributed by atoms with Gasteiger partial charge in [0.05, 0.1) is 23.9 Å². The van der Waals surface area contributed by atoms with Gasteiger partial charge in [-0.1, -0.05) is 36.4 Å². The summed E-state index contributed by atoms with van der Waals surface area (Å²) < 4.78 is 1.48. The molecule has 1 heterocycles. The standard InChI is InChI=1S/C21H22N4O2/c1-14-9-10-18(11-15(14)2)25-21(27)19(16(3)24-25)13-22-23-20(26)12-17-7-5-4-6-8-17/h4-11,13,24H,12H2,1-3H3,(H,23,26). The maximum atomic E-state index is 12.7. The predicted molar refractivity (Wildman–Crippen MR) is 106 cm³/mol. The van der Waals surface area contributed by atoms with Crippen molar-refractivity contribution in [3.05, 3.63) is 86.8 Å². The van der Waals surface area contributed by atoms with Crippen molar-refractivity contribution in [1.29, 1.82) is 0 Å². The van der Waals surface area contributed by atoms with E-state index < -0.39 is 0 Å². The van der Waals surface area contributed by atoms with Gasteiger partial charge in [-0.25, -0.2) is 10.1 Å². The lowest BCUT2D eigenvalue weighted by molar-refractivity contribution is -0.120. The highest BCUT2D eigenvalue weighted by molar-refractivity contribution is 5.84. The fraction of sp³-hybridized carbons (Fsp3) is 0.190. The average Bonchev–Trinajstić information content (AvgIpc) is 2.93. The number of hydrazone groups is 1. The third kappa shape index (κ3) is 4.23. The third-order valence-electron chi connectivity index (χ3n) is 4.46. The van der Waals surface area contributed by atoms with Gasteiger partial charge in [0.1, 0.15) is 0 Å². The number of carbonyl (C=O) groups is 1. The van der Waals surface area contributed by atoms with E-state index in [1.54, 1.807) is 6.92 Å². The number of benzene rings is 2. The second kappa shape index (κ2) is 7.86. The number of hydrogen-bond donors (Lipinski definition) is 2. The Hall–Kier alpha value is -3.41. The Balaban J connectivity index is 1.74. The van der Waals surface area contributed by atoms with Gasteiger partial charge in [-0.3, -0.25) is 14.7 Å². The largest absolute Gasteiger partial charge is 0.295 e.